The first kappa shape index (κ1) is 66.9. The number of carbonyl (C=O) groups excluding carboxylic acids is 2. The van der Waals surface area contributed by atoms with E-state index in [1.165, 1.54) is 103 Å². The highest BCUT2D eigenvalue weighted by atomic mass is 31.2. The molecule has 0 saturated heterocycles. The number of phosphoric acid groups is 1. The van der Waals surface area contributed by atoms with Crippen LogP contribution in [0.15, 0.2) is 97.2 Å². The Morgan fingerprint density at radius 3 is 1.21 bits per heavy atom. The lowest BCUT2D eigenvalue weighted by Crippen LogP contribution is -2.37. The fourth-order valence-corrected chi connectivity index (χ4v) is 8.05. The van der Waals surface area contributed by atoms with Crippen molar-refractivity contribution in [3.63, 3.8) is 0 Å². The van der Waals surface area contributed by atoms with Crippen molar-refractivity contribution in [1.82, 2.24) is 0 Å². The van der Waals surface area contributed by atoms with Gasteiger partial charge in [-0.05, 0) is 77.0 Å². The molecule has 10 heteroatoms. The highest BCUT2D eigenvalue weighted by Gasteiger charge is 2.21. The molecule has 0 bridgehead atoms. The van der Waals surface area contributed by atoms with Gasteiger partial charge in [-0.2, -0.15) is 0 Å². The van der Waals surface area contributed by atoms with Crippen LogP contribution in [0.25, 0.3) is 0 Å². The van der Waals surface area contributed by atoms with Gasteiger partial charge < -0.3 is 27.9 Å². The van der Waals surface area contributed by atoms with Crippen molar-refractivity contribution in [3.8, 4) is 0 Å². The molecule has 0 amide bonds. The van der Waals surface area contributed by atoms with Gasteiger partial charge in [0, 0.05) is 12.8 Å². The third-order valence-corrected chi connectivity index (χ3v) is 12.6. The van der Waals surface area contributed by atoms with Crippen molar-refractivity contribution in [1.29, 1.82) is 0 Å². The Balaban J connectivity index is 4.32. The largest absolute Gasteiger partial charge is 0.756 e. The van der Waals surface area contributed by atoms with Crippen LogP contribution >= 0.6 is 7.82 Å². The Hall–Kier alpha value is -3.07. The molecule has 0 fully saturated rings. The van der Waals surface area contributed by atoms with Crippen molar-refractivity contribution in [3.05, 3.63) is 97.2 Å². The van der Waals surface area contributed by atoms with Crippen LogP contribution < -0.4 is 4.89 Å². The molecule has 0 rings (SSSR count). The second-order valence-corrected chi connectivity index (χ2v) is 21.0. The standard InChI is InChI=1S/C60H104NO8P/c1-6-8-10-12-14-16-18-20-22-24-26-27-28-29-30-31-32-33-35-37-39-41-43-45-47-49-51-53-60(63)69-58(57-68-70(64,65)67-55-54-61(3,4)5)56-66-59(62)52-50-48-46-44-42-40-38-36-34-25-23-21-19-17-15-13-11-9-7-2/h8,10,14,16,20,22,26-27,29-30,32-33,37,39,43,45,58H,6-7,9,11-13,15,17-19,21,23-25,28,31,34-36,38,40-42,44,46-57H2,1-5H3/b10-8-,16-14-,22-20-,27-26-,30-29-,33-32-,39-37-,45-43-. The van der Waals surface area contributed by atoms with Crippen LogP contribution in [-0.4, -0.2) is 70.0 Å². The van der Waals surface area contributed by atoms with Crippen LogP contribution in [0.4, 0.5) is 0 Å². The lowest BCUT2D eigenvalue weighted by molar-refractivity contribution is -0.870. The molecule has 9 nitrogen and oxygen atoms in total. The lowest BCUT2D eigenvalue weighted by atomic mass is 10.0. The maximum atomic E-state index is 12.8. The summed E-state index contributed by atoms with van der Waals surface area (Å²) in [6, 6.07) is 0. The topological polar surface area (TPSA) is 111 Å². The van der Waals surface area contributed by atoms with Crippen molar-refractivity contribution in [2.24, 2.45) is 0 Å². The van der Waals surface area contributed by atoms with E-state index in [2.05, 4.69) is 111 Å². The second-order valence-electron chi connectivity index (χ2n) is 19.6. The summed E-state index contributed by atoms with van der Waals surface area (Å²) in [7, 11) is 1.13. The number of carbonyl (C=O) groups is 2. The number of ether oxygens (including phenoxy) is 2. The van der Waals surface area contributed by atoms with Gasteiger partial charge in [-0.15, -0.1) is 0 Å². The zero-order valence-corrected chi connectivity index (χ0v) is 46.3. The van der Waals surface area contributed by atoms with Crippen LogP contribution in [0.5, 0.6) is 0 Å². The number of rotatable bonds is 50. The molecule has 0 radical (unpaired) electrons. The van der Waals surface area contributed by atoms with Gasteiger partial charge in [-0.1, -0.05) is 227 Å². The molecule has 0 aliphatic heterocycles. The minimum Gasteiger partial charge on any atom is -0.756 e. The molecule has 0 aromatic rings. The number of nitrogens with zero attached hydrogens (tertiary/aromatic N) is 1. The maximum absolute atomic E-state index is 12.8. The smallest absolute Gasteiger partial charge is 0.306 e. The predicted molar refractivity (Wildman–Crippen MR) is 295 cm³/mol. The average molecular weight is 998 g/mol. The number of likely N-dealkylation sites (N-methyl/N-ethyl adjacent to an activating group) is 1. The number of phosphoric ester groups is 1. The van der Waals surface area contributed by atoms with Crippen LogP contribution in [-0.2, 0) is 32.7 Å². The molecule has 0 heterocycles. The Bertz CT molecular complexity index is 1500. The van der Waals surface area contributed by atoms with Crippen molar-refractivity contribution >= 4 is 19.8 Å². The number of hydrogen-bond donors (Lipinski definition) is 0. The van der Waals surface area contributed by atoms with E-state index in [9.17, 15) is 19.0 Å². The zero-order chi connectivity index (χ0) is 51.3. The fraction of sp³-hybridized carbons (Fsp3) is 0.700. The Labute approximate surface area is 430 Å². The van der Waals surface area contributed by atoms with E-state index in [0.717, 1.165) is 83.5 Å². The summed E-state index contributed by atoms with van der Waals surface area (Å²) < 4.78 is 34.1. The molecule has 70 heavy (non-hydrogen) atoms. The van der Waals surface area contributed by atoms with E-state index in [1.54, 1.807) is 0 Å². The molecule has 2 unspecified atom stereocenters. The first-order valence-electron chi connectivity index (χ1n) is 27.9. The van der Waals surface area contributed by atoms with Gasteiger partial charge in [0.25, 0.3) is 7.82 Å². The van der Waals surface area contributed by atoms with Gasteiger partial charge in [0.1, 0.15) is 19.8 Å². The number of esters is 2. The van der Waals surface area contributed by atoms with Crippen molar-refractivity contribution in [2.45, 2.75) is 225 Å². The van der Waals surface area contributed by atoms with Crippen LogP contribution in [0.1, 0.15) is 219 Å². The summed E-state index contributed by atoms with van der Waals surface area (Å²) in [5.74, 6) is -0.885. The van der Waals surface area contributed by atoms with Crippen LogP contribution in [0.3, 0.4) is 0 Å². The molecule has 0 spiro atoms. The number of unbranched alkanes of at least 4 members (excludes halogenated alkanes) is 20. The molecule has 0 aromatic carbocycles. The van der Waals surface area contributed by atoms with Gasteiger partial charge in [-0.25, -0.2) is 0 Å². The zero-order valence-electron chi connectivity index (χ0n) is 45.4. The normalized spacial score (nSPS) is 14.1. The van der Waals surface area contributed by atoms with Gasteiger partial charge >= 0.3 is 11.9 Å². The lowest BCUT2D eigenvalue weighted by Gasteiger charge is -2.28. The third kappa shape index (κ3) is 54.3. The number of quaternary nitrogens is 1. The summed E-state index contributed by atoms with van der Waals surface area (Å²) in [6.45, 7) is 4.08. The fourth-order valence-electron chi connectivity index (χ4n) is 7.32. The Morgan fingerprint density at radius 2 is 0.814 bits per heavy atom. The van der Waals surface area contributed by atoms with E-state index in [-0.39, 0.29) is 26.1 Å². The van der Waals surface area contributed by atoms with E-state index >= 15 is 0 Å². The first-order chi connectivity index (χ1) is 34.0. The SMILES string of the molecule is CC/C=C\C/C=C\C/C=C\C/C=C\C/C=C\C/C=C\C/C=C\C/C=C\CCCCC(=O)OC(COC(=O)CCCCCCCCCCCCCCCCCCCCC)COP(=O)([O-])OCC[N+](C)(C)C. The number of allylic oxidation sites excluding steroid dienone is 16. The van der Waals surface area contributed by atoms with Crippen molar-refractivity contribution < 1.29 is 42.1 Å². The molecular formula is C60H104NO8P. The summed E-state index contributed by atoms with van der Waals surface area (Å²) in [4.78, 5) is 37.8. The maximum Gasteiger partial charge on any atom is 0.306 e. The quantitative estimate of drug-likeness (QED) is 0.0195. The van der Waals surface area contributed by atoms with E-state index in [1.807, 2.05) is 21.1 Å². The number of hydrogen-bond acceptors (Lipinski definition) is 8. The van der Waals surface area contributed by atoms with E-state index in [4.69, 9.17) is 18.5 Å². The molecule has 402 valence electrons. The molecular weight excluding hydrogens is 894 g/mol. The van der Waals surface area contributed by atoms with Crippen LogP contribution in [0.2, 0.25) is 0 Å². The second kappa shape index (κ2) is 50.9. The summed E-state index contributed by atoms with van der Waals surface area (Å²) in [5, 5.41) is 0. The molecule has 2 atom stereocenters. The summed E-state index contributed by atoms with van der Waals surface area (Å²) in [5.41, 5.74) is 0. The molecule has 0 aromatic heterocycles. The molecule has 0 aliphatic rings. The Morgan fingerprint density at radius 1 is 0.457 bits per heavy atom. The third-order valence-electron chi connectivity index (χ3n) is 11.6. The van der Waals surface area contributed by atoms with Gasteiger partial charge in [0.2, 0.25) is 0 Å². The highest BCUT2D eigenvalue weighted by Crippen LogP contribution is 2.38. The molecule has 0 N–H and O–H groups in total. The van der Waals surface area contributed by atoms with Crippen LogP contribution in [0, 0.1) is 0 Å². The molecule has 0 aliphatic carbocycles. The first-order valence-corrected chi connectivity index (χ1v) is 29.4. The van der Waals surface area contributed by atoms with E-state index < -0.39 is 32.5 Å². The Kier molecular flexibility index (Phi) is 48.6. The van der Waals surface area contributed by atoms with Gasteiger partial charge in [0.15, 0.2) is 6.10 Å². The summed E-state index contributed by atoms with van der Waals surface area (Å²) >= 11 is 0. The highest BCUT2D eigenvalue weighted by molar-refractivity contribution is 7.45. The van der Waals surface area contributed by atoms with Gasteiger partial charge in [0.05, 0.1) is 27.7 Å². The minimum absolute atomic E-state index is 0.0434. The summed E-state index contributed by atoms with van der Waals surface area (Å²) in [6.07, 6.45) is 68.8. The average Bonchev–Trinajstić information content (AvgIpc) is 3.32. The minimum atomic E-state index is -4.65. The van der Waals surface area contributed by atoms with Gasteiger partial charge in [-0.3, -0.25) is 14.2 Å². The monoisotopic (exact) mass is 998 g/mol. The van der Waals surface area contributed by atoms with E-state index in [0.29, 0.717) is 17.4 Å². The van der Waals surface area contributed by atoms with Crippen molar-refractivity contribution in [2.75, 3.05) is 47.5 Å². The molecule has 0 saturated carbocycles. The predicted octanol–water partition coefficient (Wildman–Crippen LogP) is 16.6.